The van der Waals surface area contributed by atoms with Crippen LogP contribution in [0.25, 0.3) is 0 Å². The second-order valence-corrected chi connectivity index (χ2v) is 7.57. The number of rotatable bonds is 3. The lowest BCUT2D eigenvalue weighted by Gasteiger charge is -2.10. The van der Waals surface area contributed by atoms with Crippen molar-refractivity contribution in [3.8, 4) is 0 Å². The van der Waals surface area contributed by atoms with Crippen LogP contribution in [-0.4, -0.2) is 27.2 Å². The summed E-state index contributed by atoms with van der Waals surface area (Å²) in [7, 11) is 0. The largest absolute Gasteiger partial charge is 0.426 e. The lowest BCUT2D eigenvalue weighted by molar-refractivity contribution is -0.121. The van der Waals surface area contributed by atoms with E-state index in [4.69, 9.17) is 23.8 Å². The summed E-state index contributed by atoms with van der Waals surface area (Å²) in [6, 6.07) is 1.78. The van der Waals surface area contributed by atoms with Crippen LogP contribution in [0.2, 0.25) is 0 Å². The quantitative estimate of drug-likeness (QED) is 0.746. The van der Waals surface area contributed by atoms with E-state index in [0.717, 1.165) is 17.5 Å². The molecule has 0 saturated heterocycles. The second-order valence-electron chi connectivity index (χ2n) is 6.75. The first-order valence-electron chi connectivity index (χ1n) is 7.71. The predicted molar refractivity (Wildman–Crippen MR) is 96.6 cm³/mol. The molecule has 10 heteroatoms. The highest BCUT2D eigenvalue weighted by atomic mass is 35.5. The predicted octanol–water partition coefficient (Wildman–Crippen LogP) is 3.86. The van der Waals surface area contributed by atoms with Gasteiger partial charge in [-0.1, -0.05) is 31.5 Å². The van der Waals surface area contributed by atoms with Crippen LogP contribution in [-0.2, 0) is 4.79 Å². The van der Waals surface area contributed by atoms with Crippen LogP contribution >= 0.6 is 23.8 Å². The summed E-state index contributed by atoms with van der Waals surface area (Å²) in [4.78, 5) is 20.6. The number of carbonyl (C=O) groups is 1. The summed E-state index contributed by atoms with van der Waals surface area (Å²) in [5.74, 6) is -1.54. The van der Waals surface area contributed by atoms with Gasteiger partial charge in [0.2, 0.25) is 11.9 Å². The fraction of sp³-hybridized carbons (Fsp3) is 0.500. The van der Waals surface area contributed by atoms with Gasteiger partial charge in [0.1, 0.15) is 5.03 Å². The van der Waals surface area contributed by atoms with E-state index in [-0.39, 0.29) is 11.1 Å². The number of nitrogens with one attached hydrogen (secondary N) is 2. The summed E-state index contributed by atoms with van der Waals surface area (Å²) in [6.45, 7) is 6.97. The molecule has 2 rings (SSSR count). The average Bonchev–Trinajstić information content (AvgIpc) is 2.97. The molecule has 2 N–H and O–H groups in total. The molecule has 26 heavy (non-hydrogen) atoms. The molecule has 1 fully saturated rings. The molecule has 0 spiro atoms. The monoisotopic (exact) mass is 406 g/mol. The number of halogens is 4. The minimum absolute atomic E-state index is 0.0210. The number of nitrogens with zero attached hydrogens (tertiary/aromatic N) is 2. The zero-order chi connectivity index (χ0) is 19.9. The van der Waals surface area contributed by atoms with Crippen molar-refractivity contribution in [3.05, 3.63) is 28.6 Å². The number of allylic oxidation sites excluding steroid dienone is 2. The molecule has 1 amide bonds. The molecular formula is C16H18ClF3N4OS. The van der Waals surface area contributed by atoms with E-state index >= 15 is 0 Å². The Bertz CT molecular complexity index is 759. The zero-order valence-corrected chi connectivity index (χ0v) is 16.1. The Kier molecular flexibility index (Phi) is 5.63. The molecular weight excluding hydrogens is 389 g/mol. The highest BCUT2D eigenvalue weighted by Gasteiger charge is 2.61. The minimum atomic E-state index is -4.63. The molecule has 1 aliphatic rings. The van der Waals surface area contributed by atoms with Gasteiger partial charge in [-0.3, -0.25) is 4.79 Å². The average molecular weight is 407 g/mol. The lowest BCUT2D eigenvalue weighted by atomic mass is 10.1. The number of anilines is 1. The van der Waals surface area contributed by atoms with E-state index in [9.17, 15) is 18.0 Å². The number of hydrogen-bond donors (Lipinski definition) is 2. The van der Waals surface area contributed by atoms with Crippen molar-refractivity contribution < 1.29 is 18.0 Å². The summed E-state index contributed by atoms with van der Waals surface area (Å²) in [5, 5.41) is 3.93. The van der Waals surface area contributed by atoms with E-state index in [1.165, 1.54) is 0 Å². The van der Waals surface area contributed by atoms with Gasteiger partial charge < -0.3 is 10.6 Å². The van der Waals surface area contributed by atoms with Crippen molar-refractivity contribution in [2.24, 2.45) is 17.3 Å². The van der Waals surface area contributed by atoms with Crippen LogP contribution < -0.4 is 10.6 Å². The highest BCUT2D eigenvalue weighted by molar-refractivity contribution is 7.80. The molecule has 1 saturated carbocycles. The van der Waals surface area contributed by atoms with Crippen LogP contribution in [0.4, 0.5) is 19.1 Å². The maximum absolute atomic E-state index is 12.6. The molecule has 1 aliphatic carbocycles. The van der Waals surface area contributed by atoms with Crippen molar-refractivity contribution in [1.82, 2.24) is 15.3 Å². The molecule has 2 atom stereocenters. The zero-order valence-electron chi connectivity index (χ0n) is 14.5. The number of hydrogen-bond acceptors (Lipinski definition) is 4. The van der Waals surface area contributed by atoms with Gasteiger partial charge in [0, 0.05) is 11.4 Å². The summed E-state index contributed by atoms with van der Waals surface area (Å²) in [5.41, 5.74) is 0.801. The molecule has 1 aromatic heterocycles. The molecule has 142 valence electrons. The number of amides is 1. The van der Waals surface area contributed by atoms with Gasteiger partial charge >= 0.3 is 6.18 Å². The van der Waals surface area contributed by atoms with Crippen LogP contribution in [0.5, 0.6) is 0 Å². The smallest absolute Gasteiger partial charge is 0.303 e. The molecule has 1 heterocycles. The third kappa shape index (κ3) is 4.70. The molecule has 0 aromatic carbocycles. The first-order valence-corrected chi connectivity index (χ1v) is 8.49. The van der Waals surface area contributed by atoms with Crippen LogP contribution in [0.1, 0.15) is 25.2 Å². The number of alkyl halides is 3. The van der Waals surface area contributed by atoms with Crippen LogP contribution in [0, 0.1) is 31.1 Å². The van der Waals surface area contributed by atoms with Gasteiger partial charge in [-0.2, -0.15) is 13.2 Å². The van der Waals surface area contributed by atoms with Crippen LogP contribution in [0.15, 0.2) is 17.2 Å². The SMILES string of the molecule is Cc1cc(C)nc(NC(=S)NC(=O)C2C(/C=C(\Cl)C(F)(F)F)C2(C)C)n1. The van der Waals surface area contributed by atoms with Crippen LogP contribution in [0.3, 0.4) is 0 Å². The number of thiocarbonyl (C=S) groups is 1. The Morgan fingerprint density at radius 3 is 2.35 bits per heavy atom. The molecule has 2 unspecified atom stereocenters. The Hall–Kier alpha value is -1.74. The molecule has 5 nitrogen and oxygen atoms in total. The van der Waals surface area contributed by atoms with Crippen molar-refractivity contribution in [2.45, 2.75) is 33.9 Å². The fourth-order valence-corrected chi connectivity index (χ4v) is 3.17. The topological polar surface area (TPSA) is 66.9 Å². The van der Waals surface area contributed by atoms with Crippen molar-refractivity contribution in [3.63, 3.8) is 0 Å². The molecule has 1 aromatic rings. The van der Waals surface area contributed by atoms with Crippen molar-refractivity contribution >= 4 is 40.8 Å². The maximum Gasteiger partial charge on any atom is 0.426 e. The van der Waals surface area contributed by atoms with Gasteiger partial charge in [0.05, 0.1) is 5.92 Å². The standard InChI is InChI=1S/C16H18ClF3N4OS/c1-7-5-8(2)22-13(21-7)24-14(26)23-12(25)11-9(15(11,3)4)6-10(17)16(18,19)20/h5-6,9,11H,1-4H3,(H2,21,22,23,24,25,26)/b10-6-. The molecule has 0 bridgehead atoms. The van der Waals surface area contributed by atoms with Gasteiger partial charge in [0.15, 0.2) is 5.11 Å². The Balaban J connectivity index is 2.02. The normalized spacial score (nSPS) is 21.9. The van der Waals surface area contributed by atoms with E-state index < -0.39 is 34.4 Å². The first kappa shape index (κ1) is 20.6. The summed E-state index contributed by atoms with van der Waals surface area (Å²) < 4.78 is 37.8. The Morgan fingerprint density at radius 2 is 1.85 bits per heavy atom. The Labute approximate surface area is 159 Å². The minimum Gasteiger partial charge on any atom is -0.303 e. The third-order valence-electron chi connectivity index (χ3n) is 4.23. The van der Waals surface area contributed by atoms with E-state index in [0.29, 0.717) is 0 Å². The third-order valence-corrected chi connectivity index (χ3v) is 4.78. The number of aromatic nitrogens is 2. The van der Waals surface area contributed by atoms with E-state index in [1.54, 1.807) is 33.8 Å². The lowest BCUT2D eigenvalue weighted by Crippen LogP contribution is -2.36. The number of aryl methyl sites for hydroxylation is 2. The first-order chi connectivity index (χ1) is 11.8. The van der Waals surface area contributed by atoms with Gasteiger partial charge in [-0.05, 0) is 43.5 Å². The van der Waals surface area contributed by atoms with Gasteiger partial charge in [0.25, 0.3) is 0 Å². The van der Waals surface area contributed by atoms with Gasteiger partial charge in [-0.25, -0.2) is 9.97 Å². The Morgan fingerprint density at radius 1 is 1.31 bits per heavy atom. The van der Waals surface area contributed by atoms with Crippen molar-refractivity contribution in [1.29, 1.82) is 0 Å². The summed E-state index contributed by atoms with van der Waals surface area (Å²) >= 11 is 10.3. The fourth-order valence-electron chi connectivity index (χ4n) is 2.85. The van der Waals surface area contributed by atoms with Gasteiger partial charge in [-0.15, -0.1) is 0 Å². The van der Waals surface area contributed by atoms with E-state index in [2.05, 4.69) is 20.6 Å². The molecule has 0 aliphatic heterocycles. The molecule has 0 radical (unpaired) electrons. The summed E-state index contributed by atoms with van der Waals surface area (Å²) in [6.07, 6.45) is -3.74. The highest BCUT2D eigenvalue weighted by Crippen LogP contribution is 2.60. The number of carbonyl (C=O) groups excluding carboxylic acids is 1. The van der Waals surface area contributed by atoms with Crippen molar-refractivity contribution in [2.75, 3.05) is 5.32 Å². The van der Waals surface area contributed by atoms with E-state index in [1.807, 2.05) is 0 Å². The maximum atomic E-state index is 12.6. The second kappa shape index (κ2) is 7.11.